The first-order valence-corrected chi connectivity index (χ1v) is 10.4. The largest absolute Gasteiger partial charge is 0.337 e. The Morgan fingerprint density at radius 1 is 1.22 bits per heavy atom. The third-order valence-corrected chi connectivity index (χ3v) is 5.40. The van der Waals surface area contributed by atoms with Crippen LogP contribution in [-0.4, -0.2) is 51.7 Å². The number of aromatic amines is 1. The fourth-order valence-electron chi connectivity index (χ4n) is 3.64. The lowest BCUT2D eigenvalue weighted by Gasteiger charge is -2.14. The molecule has 4 rings (SSSR count). The molecule has 3 aromatic rings. The third-order valence-electron chi connectivity index (χ3n) is 5.40. The number of rotatable bonds is 6. The van der Waals surface area contributed by atoms with E-state index in [1.54, 1.807) is 29.3 Å². The SMILES string of the molecule is C=N/C=C\C=C(/C)c1ccc2[nH]nc(C(=O)Nc3ccc(C(=O)N4CCCC4)nc3)c2c1. The molecule has 2 amide bonds. The number of allylic oxidation sites excluding steroid dienone is 3. The van der Waals surface area contributed by atoms with Gasteiger partial charge in [0.25, 0.3) is 11.8 Å². The summed E-state index contributed by atoms with van der Waals surface area (Å²) in [5.74, 6) is -0.431. The van der Waals surface area contributed by atoms with Gasteiger partial charge in [-0.25, -0.2) is 4.98 Å². The zero-order valence-corrected chi connectivity index (χ0v) is 17.8. The molecular weight excluding hydrogens is 404 g/mol. The van der Waals surface area contributed by atoms with Gasteiger partial charge in [0.15, 0.2) is 5.69 Å². The zero-order chi connectivity index (χ0) is 22.5. The molecule has 1 aromatic carbocycles. The highest BCUT2D eigenvalue weighted by molar-refractivity contribution is 6.11. The van der Waals surface area contributed by atoms with Crippen LogP contribution in [0.5, 0.6) is 0 Å². The molecule has 1 saturated heterocycles. The quantitative estimate of drug-likeness (QED) is 0.456. The van der Waals surface area contributed by atoms with Gasteiger partial charge in [-0.3, -0.25) is 19.7 Å². The number of nitrogens with zero attached hydrogens (tertiary/aromatic N) is 4. The minimum absolute atomic E-state index is 0.0756. The van der Waals surface area contributed by atoms with Crippen molar-refractivity contribution in [3.63, 3.8) is 0 Å². The van der Waals surface area contributed by atoms with Crippen molar-refractivity contribution < 1.29 is 9.59 Å². The van der Waals surface area contributed by atoms with Gasteiger partial charge in [-0.15, -0.1) is 0 Å². The lowest BCUT2D eigenvalue weighted by molar-refractivity contribution is 0.0787. The van der Waals surface area contributed by atoms with Crippen LogP contribution in [0.1, 0.15) is 46.3 Å². The van der Waals surface area contributed by atoms with Crippen LogP contribution in [0.3, 0.4) is 0 Å². The Morgan fingerprint density at radius 3 is 2.75 bits per heavy atom. The van der Waals surface area contributed by atoms with Crippen molar-refractivity contribution in [3.05, 3.63) is 71.8 Å². The molecule has 3 heterocycles. The molecule has 2 N–H and O–H groups in total. The highest BCUT2D eigenvalue weighted by atomic mass is 16.2. The minimum Gasteiger partial charge on any atom is -0.337 e. The summed E-state index contributed by atoms with van der Waals surface area (Å²) in [6.45, 7) is 6.93. The van der Waals surface area contributed by atoms with Gasteiger partial charge in [0.2, 0.25) is 0 Å². The maximum absolute atomic E-state index is 12.9. The number of likely N-dealkylation sites (tertiary alicyclic amines) is 1. The van der Waals surface area contributed by atoms with Crippen molar-refractivity contribution in [3.8, 4) is 0 Å². The van der Waals surface area contributed by atoms with Gasteiger partial charge in [-0.05, 0) is 68.0 Å². The number of hydrogen-bond acceptors (Lipinski definition) is 5. The number of pyridine rings is 1. The Morgan fingerprint density at radius 2 is 2.03 bits per heavy atom. The molecule has 8 nitrogen and oxygen atoms in total. The average molecular weight is 428 g/mol. The lowest BCUT2D eigenvalue weighted by atomic mass is 10.0. The monoisotopic (exact) mass is 428 g/mol. The highest BCUT2D eigenvalue weighted by Gasteiger charge is 2.21. The van der Waals surface area contributed by atoms with E-state index in [9.17, 15) is 9.59 Å². The van der Waals surface area contributed by atoms with Gasteiger partial charge in [0.05, 0.1) is 17.4 Å². The maximum atomic E-state index is 12.9. The molecule has 0 unspecified atom stereocenters. The molecule has 8 heteroatoms. The third kappa shape index (κ3) is 4.49. The molecular formula is C24H24N6O2. The fraction of sp³-hybridized carbons (Fsp3) is 0.208. The van der Waals surface area contributed by atoms with Gasteiger partial charge in [0, 0.05) is 24.7 Å². The van der Waals surface area contributed by atoms with Crippen molar-refractivity contribution >= 4 is 40.7 Å². The molecule has 32 heavy (non-hydrogen) atoms. The number of hydrogen-bond donors (Lipinski definition) is 2. The van der Waals surface area contributed by atoms with Crippen molar-refractivity contribution in [2.24, 2.45) is 4.99 Å². The number of aliphatic imine (C=N–C) groups is 1. The number of carbonyl (C=O) groups excluding carboxylic acids is 2. The Bertz CT molecular complexity index is 1220. The summed E-state index contributed by atoms with van der Waals surface area (Å²) in [6.07, 6.45) is 8.88. The summed E-state index contributed by atoms with van der Waals surface area (Å²) in [7, 11) is 0. The second kappa shape index (κ2) is 9.38. The van der Waals surface area contributed by atoms with Crippen LogP contribution >= 0.6 is 0 Å². The second-order valence-corrected chi connectivity index (χ2v) is 7.59. The summed E-state index contributed by atoms with van der Waals surface area (Å²) < 4.78 is 0. The highest BCUT2D eigenvalue weighted by Crippen LogP contribution is 2.23. The number of anilines is 1. The smallest absolute Gasteiger partial charge is 0.276 e. The van der Waals surface area contributed by atoms with Crippen LogP contribution < -0.4 is 5.32 Å². The molecule has 162 valence electrons. The Labute approximate surface area is 185 Å². The van der Waals surface area contributed by atoms with Crippen molar-refractivity contribution in [2.45, 2.75) is 19.8 Å². The van der Waals surface area contributed by atoms with Crippen LogP contribution in [0.4, 0.5) is 5.69 Å². The zero-order valence-electron chi connectivity index (χ0n) is 17.8. The minimum atomic E-state index is -0.355. The molecule has 1 aliphatic heterocycles. The van der Waals surface area contributed by atoms with E-state index in [0.29, 0.717) is 16.8 Å². The molecule has 1 aliphatic rings. The van der Waals surface area contributed by atoms with Crippen LogP contribution in [-0.2, 0) is 0 Å². The Hall–Kier alpha value is -4.07. The van der Waals surface area contributed by atoms with Gasteiger partial charge in [-0.2, -0.15) is 5.10 Å². The maximum Gasteiger partial charge on any atom is 0.276 e. The fourth-order valence-corrected chi connectivity index (χ4v) is 3.64. The first kappa shape index (κ1) is 21.2. The molecule has 0 bridgehead atoms. The van der Waals surface area contributed by atoms with E-state index in [2.05, 4.69) is 32.2 Å². The number of carbonyl (C=O) groups is 2. The van der Waals surface area contributed by atoms with E-state index < -0.39 is 0 Å². The molecule has 0 radical (unpaired) electrons. The van der Waals surface area contributed by atoms with Gasteiger partial charge < -0.3 is 10.2 Å². The second-order valence-electron chi connectivity index (χ2n) is 7.59. The summed E-state index contributed by atoms with van der Waals surface area (Å²) in [5, 5.41) is 10.6. The first-order chi connectivity index (χ1) is 15.6. The van der Waals surface area contributed by atoms with Crippen molar-refractivity contribution in [1.29, 1.82) is 0 Å². The predicted molar refractivity (Wildman–Crippen MR) is 126 cm³/mol. The summed E-state index contributed by atoms with van der Waals surface area (Å²) >= 11 is 0. The lowest BCUT2D eigenvalue weighted by Crippen LogP contribution is -2.28. The number of benzene rings is 1. The molecule has 0 saturated carbocycles. The van der Waals surface area contributed by atoms with E-state index in [1.165, 1.54) is 6.20 Å². The summed E-state index contributed by atoms with van der Waals surface area (Å²) in [5.41, 5.74) is 3.91. The summed E-state index contributed by atoms with van der Waals surface area (Å²) in [6, 6.07) is 9.09. The van der Waals surface area contributed by atoms with E-state index in [4.69, 9.17) is 0 Å². The molecule has 0 aliphatic carbocycles. The van der Waals surface area contributed by atoms with E-state index in [1.807, 2.05) is 31.2 Å². The van der Waals surface area contributed by atoms with Crippen LogP contribution in [0, 0.1) is 0 Å². The van der Waals surface area contributed by atoms with Crippen molar-refractivity contribution in [1.82, 2.24) is 20.1 Å². The Kier molecular flexibility index (Phi) is 6.21. The van der Waals surface area contributed by atoms with Crippen LogP contribution in [0.25, 0.3) is 16.5 Å². The normalized spacial score (nSPS) is 14.3. The van der Waals surface area contributed by atoms with Crippen molar-refractivity contribution in [2.75, 3.05) is 18.4 Å². The summed E-state index contributed by atoms with van der Waals surface area (Å²) in [4.78, 5) is 35.0. The van der Waals surface area contributed by atoms with Gasteiger partial charge in [0.1, 0.15) is 5.69 Å². The average Bonchev–Trinajstić information content (AvgIpc) is 3.49. The molecule has 0 spiro atoms. The van der Waals surface area contributed by atoms with Crippen LogP contribution in [0.15, 0.2) is 59.9 Å². The van der Waals surface area contributed by atoms with E-state index in [0.717, 1.165) is 42.6 Å². The van der Waals surface area contributed by atoms with Crippen LogP contribution in [0.2, 0.25) is 0 Å². The number of fused-ring (bicyclic) bond motifs is 1. The number of H-pyrrole nitrogens is 1. The van der Waals surface area contributed by atoms with E-state index >= 15 is 0 Å². The predicted octanol–water partition coefficient (Wildman–Crippen LogP) is 4.06. The number of amides is 2. The standard InChI is InChI=1S/C24H24N6O2/c1-16(6-5-11-25-2)17-7-9-20-19(14-17)22(29-28-20)23(31)27-18-8-10-21(26-15-18)24(32)30-12-3-4-13-30/h5-11,14-15H,2-4,12-13H2,1H3,(H,27,31)(H,28,29)/b11-5-,16-6+. The van der Waals surface area contributed by atoms with Gasteiger partial charge >= 0.3 is 0 Å². The Balaban J connectivity index is 1.51. The van der Waals surface area contributed by atoms with E-state index in [-0.39, 0.29) is 17.5 Å². The number of aromatic nitrogens is 3. The number of nitrogens with one attached hydrogen (secondary N) is 2. The first-order valence-electron chi connectivity index (χ1n) is 10.4. The topological polar surface area (TPSA) is 103 Å². The molecule has 1 fully saturated rings. The molecule has 0 atom stereocenters. The van der Waals surface area contributed by atoms with Gasteiger partial charge in [-0.1, -0.05) is 12.1 Å². The molecule has 2 aromatic heterocycles.